The number of aliphatic hydroxyl groups excluding tert-OH is 1. The van der Waals surface area contributed by atoms with Gasteiger partial charge in [0.15, 0.2) is 0 Å². The van der Waals surface area contributed by atoms with Crippen molar-refractivity contribution in [1.82, 2.24) is 0 Å². The Hall–Kier alpha value is -1.29. The summed E-state index contributed by atoms with van der Waals surface area (Å²) in [5.74, 6) is -0.287. The second-order valence-corrected chi connectivity index (χ2v) is 5.37. The van der Waals surface area contributed by atoms with Crippen LogP contribution < -0.4 is 5.32 Å². The minimum absolute atomic E-state index is 0.211. The number of aryl methyl sites for hydroxylation is 1. The highest BCUT2D eigenvalue weighted by Crippen LogP contribution is 2.26. The van der Waals surface area contributed by atoms with Gasteiger partial charge in [-0.2, -0.15) is 0 Å². The lowest BCUT2D eigenvalue weighted by molar-refractivity contribution is 0.191. The van der Waals surface area contributed by atoms with Crippen molar-refractivity contribution in [3.63, 3.8) is 0 Å². The number of nitrogens with one attached hydrogen (secondary N) is 1. The van der Waals surface area contributed by atoms with Gasteiger partial charge in [0.05, 0.1) is 6.10 Å². The molecule has 20 heavy (non-hydrogen) atoms. The van der Waals surface area contributed by atoms with Crippen molar-refractivity contribution in [3.05, 3.63) is 63.4 Å². The molecule has 0 radical (unpaired) electrons. The normalized spacial score (nSPS) is 12.2. The minimum atomic E-state index is -0.828. The third-order valence-electron chi connectivity index (χ3n) is 2.99. The Morgan fingerprint density at radius 3 is 2.65 bits per heavy atom. The highest BCUT2D eigenvalue weighted by Gasteiger charge is 2.12. The molecule has 0 amide bonds. The highest BCUT2D eigenvalue weighted by molar-refractivity contribution is 6.33. The molecule has 0 aliphatic heterocycles. The van der Waals surface area contributed by atoms with Crippen LogP contribution in [0.25, 0.3) is 0 Å². The summed E-state index contributed by atoms with van der Waals surface area (Å²) in [6.07, 6.45) is -0.828. The molecule has 2 aromatic carbocycles. The van der Waals surface area contributed by atoms with Crippen LogP contribution in [0.15, 0.2) is 36.4 Å². The van der Waals surface area contributed by atoms with Crippen molar-refractivity contribution < 1.29 is 9.50 Å². The fourth-order valence-corrected chi connectivity index (χ4v) is 2.22. The van der Waals surface area contributed by atoms with Crippen molar-refractivity contribution in [2.45, 2.75) is 13.0 Å². The van der Waals surface area contributed by atoms with Crippen LogP contribution in [0.2, 0.25) is 10.0 Å². The summed E-state index contributed by atoms with van der Waals surface area (Å²) < 4.78 is 13.4. The molecular weight excluding hydrogens is 300 g/mol. The molecule has 0 aliphatic carbocycles. The second kappa shape index (κ2) is 6.44. The van der Waals surface area contributed by atoms with E-state index in [1.807, 2.05) is 0 Å². The Balaban J connectivity index is 2.06. The molecule has 106 valence electrons. The van der Waals surface area contributed by atoms with Crippen LogP contribution in [0, 0.1) is 12.7 Å². The third-order valence-corrected chi connectivity index (χ3v) is 3.57. The van der Waals surface area contributed by atoms with Gasteiger partial charge in [0.1, 0.15) is 5.82 Å². The molecule has 0 heterocycles. The summed E-state index contributed by atoms with van der Waals surface area (Å²) in [7, 11) is 0. The molecule has 1 atom stereocenters. The maximum Gasteiger partial charge on any atom is 0.128 e. The molecule has 0 spiro atoms. The zero-order valence-corrected chi connectivity index (χ0v) is 12.3. The summed E-state index contributed by atoms with van der Waals surface area (Å²) >= 11 is 11.9. The zero-order chi connectivity index (χ0) is 14.7. The lowest BCUT2D eigenvalue weighted by atomic mass is 10.1. The number of hydrogen-bond acceptors (Lipinski definition) is 2. The van der Waals surface area contributed by atoms with E-state index in [4.69, 9.17) is 23.2 Å². The number of aliphatic hydroxyl groups is 1. The van der Waals surface area contributed by atoms with Crippen molar-refractivity contribution in [2.24, 2.45) is 0 Å². The average Bonchev–Trinajstić information content (AvgIpc) is 2.42. The van der Waals surface area contributed by atoms with E-state index in [1.165, 1.54) is 6.07 Å². The Labute approximate surface area is 127 Å². The van der Waals surface area contributed by atoms with Crippen LogP contribution in [0.4, 0.5) is 10.1 Å². The average molecular weight is 314 g/mol. The Morgan fingerprint density at radius 2 is 1.95 bits per heavy atom. The number of benzene rings is 2. The summed E-state index contributed by atoms with van der Waals surface area (Å²) in [6.45, 7) is 1.91. The van der Waals surface area contributed by atoms with E-state index >= 15 is 0 Å². The first-order valence-corrected chi connectivity index (χ1v) is 6.86. The standard InChI is InChI=1S/C15H14Cl2FNO/c1-9-2-4-11(7-14(9)18)19-8-15(20)12-6-10(16)3-5-13(12)17/h2-7,15,19-20H,8H2,1H3. The monoisotopic (exact) mass is 313 g/mol. The lowest BCUT2D eigenvalue weighted by Crippen LogP contribution is -2.12. The van der Waals surface area contributed by atoms with Crippen molar-refractivity contribution in [2.75, 3.05) is 11.9 Å². The first-order valence-electron chi connectivity index (χ1n) is 6.10. The molecule has 2 nitrogen and oxygen atoms in total. The Bertz CT molecular complexity index is 619. The van der Waals surface area contributed by atoms with Crippen LogP contribution in [-0.4, -0.2) is 11.7 Å². The van der Waals surface area contributed by atoms with Gasteiger partial charge in [0.25, 0.3) is 0 Å². The van der Waals surface area contributed by atoms with Crippen LogP contribution >= 0.6 is 23.2 Å². The maximum absolute atomic E-state index is 13.4. The van der Waals surface area contributed by atoms with E-state index in [0.29, 0.717) is 26.9 Å². The lowest BCUT2D eigenvalue weighted by Gasteiger charge is -2.15. The van der Waals surface area contributed by atoms with Gasteiger partial charge >= 0.3 is 0 Å². The van der Waals surface area contributed by atoms with Crippen LogP contribution in [-0.2, 0) is 0 Å². The van der Waals surface area contributed by atoms with Gasteiger partial charge < -0.3 is 10.4 Å². The largest absolute Gasteiger partial charge is 0.387 e. The fourth-order valence-electron chi connectivity index (χ4n) is 1.80. The molecular formula is C15H14Cl2FNO. The number of anilines is 1. The van der Waals surface area contributed by atoms with Crippen LogP contribution in [0.1, 0.15) is 17.2 Å². The van der Waals surface area contributed by atoms with Crippen molar-refractivity contribution in [3.8, 4) is 0 Å². The molecule has 2 rings (SSSR count). The first kappa shape index (κ1) is 15.1. The zero-order valence-electron chi connectivity index (χ0n) is 10.8. The topological polar surface area (TPSA) is 32.3 Å². The van der Waals surface area contributed by atoms with Gasteiger partial charge in [-0.15, -0.1) is 0 Å². The van der Waals surface area contributed by atoms with Crippen molar-refractivity contribution in [1.29, 1.82) is 0 Å². The first-order chi connectivity index (χ1) is 9.47. The van der Waals surface area contributed by atoms with Gasteiger partial charge in [-0.1, -0.05) is 29.3 Å². The third kappa shape index (κ3) is 3.63. The van der Waals surface area contributed by atoms with Crippen LogP contribution in [0.3, 0.4) is 0 Å². The maximum atomic E-state index is 13.4. The minimum Gasteiger partial charge on any atom is -0.387 e. The van der Waals surface area contributed by atoms with E-state index in [2.05, 4.69) is 5.32 Å². The molecule has 0 bridgehead atoms. The van der Waals surface area contributed by atoms with Gasteiger partial charge in [-0.25, -0.2) is 4.39 Å². The predicted octanol–water partition coefficient (Wildman–Crippen LogP) is 4.59. The summed E-state index contributed by atoms with van der Waals surface area (Å²) in [4.78, 5) is 0. The van der Waals surface area contributed by atoms with Crippen LogP contribution in [0.5, 0.6) is 0 Å². The van der Waals surface area contributed by atoms with Gasteiger partial charge in [-0.3, -0.25) is 0 Å². The molecule has 0 fully saturated rings. The second-order valence-electron chi connectivity index (χ2n) is 4.53. The fraction of sp³-hybridized carbons (Fsp3) is 0.200. The Kier molecular flexibility index (Phi) is 4.86. The quantitative estimate of drug-likeness (QED) is 0.865. The Morgan fingerprint density at radius 1 is 1.20 bits per heavy atom. The molecule has 0 aromatic heterocycles. The molecule has 0 saturated carbocycles. The van der Waals surface area contributed by atoms with E-state index < -0.39 is 6.10 Å². The SMILES string of the molecule is Cc1ccc(NCC(O)c2cc(Cl)ccc2Cl)cc1F. The highest BCUT2D eigenvalue weighted by atomic mass is 35.5. The molecule has 5 heteroatoms. The van der Waals surface area contributed by atoms with Gasteiger partial charge in [0, 0.05) is 27.8 Å². The molecule has 2 aromatic rings. The smallest absolute Gasteiger partial charge is 0.128 e. The molecule has 0 aliphatic rings. The predicted molar refractivity (Wildman–Crippen MR) is 81.0 cm³/mol. The molecule has 2 N–H and O–H groups in total. The van der Waals surface area contributed by atoms with Crippen molar-refractivity contribution >= 4 is 28.9 Å². The molecule has 0 saturated heterocycles. The number of hydrogen-bond donors (Lipinski definition) is 2. The van der Waals surface area contributed by atoms with Gasteiger partial charge in [0.2, 0.25) is 0 Å². The van der Waals surface area contributed by atoms with E-state index in [-0.39, 0.29) is 12.4 Å². The van der Waals surface area contributed by atoms with E-state index in [0.717, 1.165) is 0 Å². The summed E-state index contributed by atoms with van der Waals surface area (Å²) in [5, 5.41) is 14.0. The summed E-state index contributed by atoms with van der Waals surface area (Å²) in [5.41, 5.74) is 1.72. The van der Waals surface area contributed by atoms with Gasteiger partial charge in [-0.05, 0) is 42.8 Å². The molecule has 1 unspecified atom stereocenters. The summed E-state index contributed by atoms with van der Waals surface area (Å²) in [6, 6.07) is 9.73. The van der Waals surface area contributed by atoms with E-state index in [9.17, 15) is 9.50 Å². The number of halogens is 3. The van der Waals surface area contributed by atoms with E-state index in [1.54, 1.807) is 37.3 Å². The number of rotatable bonds is 4.